The third-order valence-electron chi connectivity index (χ3n) is 4.74. The molecular formula is C22H20ClN3O6S. The Morgan fingerprint density at radius 2 is 1.82 bits per heavy atom. The van der Waals surface area contributed by atoms with E-state index < -0.39 is 20.9 Å². The van der Waals surface area contributed by atoms with Gasteiger partial charge < -0.3 is 10.1 Å². The van der Waals surface area contributed by atoms with Crippen LogP contribution in [0.3, 0.4) is 0 Å². The molecule has 0 bridgehead atoms. The van der Waals surface area contributed by atoms with Gasteiger partial charge >= 0.3 is 0 Å². The number of halogens is 1. The molecule has 0 aliphatic carbocycles. The first-order chi connectivity index (χ1) is 15.6. The Kier molecular flexibility index (Phi) is 7.19. The molecule has 0 heterocycles. The van der Waals surface area contributed by atoms with Gasteiger partial charge in [-0.25, -0.2) is 8.42 Å². The molecule has 2 N–H and O–H groups in total. The lowest BCUT2D eigenvalue weighted by atomic mass is 10.1. The Morgan fingerprint density at radius 1 is 1.09 bits per heavy atom. The zero-order valence-corrected chi connectivity index (χ0v) is 19.2. The average Bonchev–Trinajstić information content (AvgIpc) is 2.78. The van der Waals surface area contributed by atoms with Crippen molar-refractivity contribution in [3.05, 3.63) is 93.0 Å². The second-order valence-corrected chi connectivity index (χ2v) is 9.14. The van der Waals surface area contributed by atoms with Gasteiger partial charge in [-0.3, -0.25) is 19.6 Å². The van der Waals surface area contributed by atoms with Crippen molar-refractivity contribution >= 4 is 38.9 Å². The molecule has 0 saturated heterocycles. The van der Waals surface area contributed by atoms with Gasteiger partial charge in [0.15, 0.2) is 0 Å². The molecule has 1 atom stereocenters. The lowest BCUT2D eigenvalue weighted by molar-refractivity contribution is -0.384. The number of hydrogen-bond donors (Lipinski definition) is 2. The molecule has 3 rings (SSSR count). The van der Waals surface area contributed by atoms with Gasteiger partial charge in [0.25, 0.3) is 21.6 Å². The van der Waals surface area contributed by atoms with Crippen LogP contribution >= 0.6 is 11.6 Å². The maximum absolute atomic E-state index is 12.9. The van der Waals surface area contributed by atoms with Crippen molar-refractivity contribution in [2.75, 3.05) is 11.8 Å². The van der Waals surface area contributed by atoms with Crippen LogP contribution in [-0.4, -0.2) is 26.4 Å². The Balaban J connectivity index is 1.84. The first-order valence-corrected chi connectivity index (χ1v) is 11.5. The van der Waals surface area contributed by atoms with Crippen LogP contribution in [0.4, 0.5) is 11.4 Å². The van der Waals surface area contributed by atoms with Crippen molar-refractivity contribution in [2.24, 2.45) is 0 Å². The molecule has 1 unspecified atom stereocenters. The summed E-state index contributed by atoms with van der Waals surface area (Å²) in [7, 11) is -2.87. The van der Waals surface area contributed by atoms with Crippen LogP contribution < -0.4 is 14.8 Å². The number of amides is 1. The van der Waals surface area contributed by atoms with Crippen LogP contribution in [0.2, 0.25) is 5.02 Å². The summed E-state index contributed by atoms with van der Waals surface area (Å²) in [5.74, 6) is -0.374. The molecule has 9 nitrogen and oxygen atoms in total. The Bertz CT molecular complexity index is 1310. The highest BCUT2D eigenvalue weighted by Gasteiger charge is 2.21. The summed E-state index contributed by atoms with van der Waals surface area (Å²) >= 11 is 6.00. The number of nitro benzene ring substituents is 1. The number of non-ortho nitro benzene ring substituents is 1. The molecular weight excluding hydrogens is 470 g/mol. The van der Waals surface area contributed by atoms with E-state index in [2.05, 4.69) is 10.0 Å². The van der Waals surface area contributed by atoms with E-state index in [-0.39, 0.29) is 33.6 Å². The lowest BCUT2D eigenvalue weighted by Gasteiger charge is -2.15. The molecule has 0 radical (unpaired) electrons. The molecule has 0 saturated carbocycles. The van der Waals surface area contributed by atoms with Gasteiger partial charge in [-0.1, -0.05) is 29.8 Å². The van der Waals surface area contributed by atoms with Crippen LogP contribution in [0.25, 0.3) is 0 Å². The predicted octanol–water partition coefficient (Wildman–Crippen LogP) is 4.55. The van der Waals surface area contributed by atoms with Gasteiger partial charge in [-0.2, -0.15) is 0 Å². The van der Waals surface area contributed by atoms with Gasteiger partial charge in [0.2, 0.25) is 0 Å². The van der Waals surface area contributed by atoms with Crippen molar-refractivity contribution in [3.63, 3.8) is 0 Å². The number of ether oxygens (including phenoxy) is 1. The Labute approximate surface area is 195 Å². The van der Waals surface area contributed by atoms with E-state index in [4.69, 9.17) is 16.3 Å². The van der Waals surface area contributed by atoms with Crippen LogP contribution in [-0.2, 0) is 10.0 Å². The number of methoxy groups -OCH3 is 1. The van der Waals surface area contributed by atoms with Crippen LogP contribution in [0.15, 0.2) is 71.6 Å². The second-order valence-electron chi connectivity index (χ2n) is 7.03. The SMILES string of the molecule is COc1ccc([N+](=O)[O-])cc1NS(=O)(=O)c1cccc(C(=O)NC(C)c2cccc(Cl)c2)c1. The molecule has 3 aromatic rings. The maximum Gasteiger partial charge on any atom is 0.271 e. The number of rotatable bonds is 8. The van der Waals surface area contributed by atoms with E-state index >= 15 is 0 Å². The smallest absolute Gasteiger partial charge is 0.271 e. The third kappa shape index (κ3) is 5.79. The van der Waals surface area contributed by atoms with Gasteiger partial charge in [-0.15, -0.1) is 0 Å². The fourth-order valence-electron chi connectivity index (χ4n) is 3.04. The number of nitro groups is 1. The Morgan fingerprint density at radius 3 is 2.48 bits per heavy atom. The highest BCUT2D eigenvalue weighted by atomic mass is 35.5. The number of carbonyl (C=O) groups is 1. The van der Waals surface area contributed by atoms with Crippen molar-refractivity contribution < 1.29 is 22.9 Å². The number of nitrogens with one attached hydrogen (secondary N) is 2. The zero-order chi connectivity index (χ0) is 24.2. The second kappa shape index (κ2) is 9.88. The van der Waals surface area contributed by atoms with Gasteiger partial charge in [-0.05, 0) is 48.9 Å². The first kappa shape index (κ1) is 24.0. The number of carbonyl (C=O) groups excluding carboxylic acids is 1. The number of anilines is 1. The Hall–Kier alpha value is -3.63. The molecule has 0 spiro atoms. The van der Waals surface area contributed by atoms with Crippen molar-refractivity contribution in [2.45, 2.75) is 17.9 Å². The molecule has 3 aromatic carbocycles. The molecule has 1 amide bonds. The number of benzene rings is 3. The fraction of sp³-hybridized carbons (Fsp3) is 0.136. The summed E-state index contributed by atoms with van der Waals surface area (Å²) in [6, 6.07) is 15.6. The molecule has 172 valence electrons. The summed E-state index contributed by atoms with van der Waals surface area (Å²) < 4.78 is 33.2. The minimum atomic E-state index is -4.18. The standard InChI is InChI=1S/C22H20ClN3O6S/c1-14(15-5-3-7-17(23)11-15)24-22(27)16-6-4-8-19(12-16)33(30,31)25-20-13-18(26(28)29)9-10-21(20)32-2/h3-14,25H,1-2H3,(H,24,27). The van der Waals surface area contributed by atoms with E-state index in [1.165, 1.54) is 43.5 Å². The average molecular weight is 490 g/mol. The first-order valence-electron chi connectivity index (χ1n) is 9.62. The summed E-state index contributed by atoms with van der Waals surface area (Å²) in [5, 5.41) is 14.4. The van der Waals surface area contributed by atoms with Gasteiger partial charge in [0, 0.05) is 22.7 Å². The lowest BCUT2D eigenvalue weighted by Crippen LogP contribution is -2.27. The van der Waals surface area contributed by atoms with E-state index in [0.29, 0.717) is 5.02 Å². The van der Waals surface area contributed by atoms with Crippen molar-refractivity contribution in [1.82, 2.24) is 5.32 Å². The quantitative estimate of drug-likeness (QED) is 0.353. The summed E-state index contributed by atoms with van der Waals surface area (Å²) in [5.41, 5.74) is 0.504. The molecule has 11 heteroatoms. The summed E-state index contributed by atoms with van der Waals surface area (Å²) in [6.45, 7) is 1.78. The third-order valence-corrected chi connectivity index (χ3v) is 6.34. The highest BCUT2D eigenvalue weighted by molar-refractivity contribution is 7.92. The minimum absolute atomic E-state index is 0.101. The molecule has 33 heavy (non-hydrogen) atoms. The largest absolute Gasteiger partial charge is 0.495 e. The van der Waals surface area contributed by atoms with Crippen LogP contribution in [0, 0.1) is 10.1 Å². The van der Waals surface area contributed by atoms with Crippen molar-refractivity contribution in [3.8, 4) is 5.75 Å². The van der Waals surface area contributed by atoms with E-state index in [9.17, 15) is 23.3 Å². The van der Waals surface area contributed by atoms with Crippen molar-refractivity contribution in [1.29, 1.82) is 0 Å². The van der Waals surface area contributed by atoms with Gasteiger partial charge in [0.1, 0.15) is 5.75 Å². The molecule has 0 aromatic heterocycles. The van der Waals surface area contributed by atoms with Crippen LogP contribution in [0.1, 0.15) is 28.9 Å². The van der Waals surface area contributed by atoms with E-state index in [1.807, 2.05) is 6.07 Å². The normalized spacial score (nSPS) is 12.0. The van der Waals surface area contributed by atoms with E-state index in [1.54, 1.807) is 25.1 Å². The number of sulfonamides is 1. The summed E-state index contributed by atoms with van der Waals surface area (Å²) in [6.07, 6.45) is 0. The van der Waals surface area contributed by atoms with E-state index in [0.717, 1.165) is 11.6 Å². The topological polar surface area (TPSA) is 128 Å². The predicted molar refractivity (Wildman–Crippen MR) is 124 cm³/mol. The number of nitrogens with zero attached hydrogens (tertiary/aromatic N) is 1. The minimum Gasteiger partial charge on any atom is -0.495 e. The summed E-state index contributed by atoms with van der Waals surface area (Å²) in [4.78, 5) is 22.9. The van der Waals surface area contributed by atoms with Crippen LogP contribution in [0.5, 0.6) is 5.75 Å². The zero-order valence-electron chi connectivity index (χ0n) is 17.6. The molecule has 0 aliphatic rings. The fourth-order valence-corrected chi connectivity index (χ4v) is 4.34. The maximum atomic E-state index is 12.9. The number of hydrogen-bond acceptors (Lipinski definition) is 6. The monoisotopic (exact) mass is 489 g/mol. The van der Waals surface area contributed by atoms with Gasteiger partial charge in [0.05, 0.1) is 28.7 Å². The molecule has 0 aliphatic heterocycles. The molecule has 0 fully saturated rings. The highest BCUT2D eigenvalue weighted by Crippen LogP contribution is 2.31.